The molecule has 0 amide bonds. The molecule has 0 aliphatic carbocycles. The van der Waals surface area contributed by atoms with Crippen LogP contribution >= 0.6 is 11.3 Å². The van der Waals surface area contributed by atoms with Crippen LogP contribution in [0.5, 0.6) is 0 Å². The van der Waals surface area contributed by atoms with Crippen molar-refractivity contribution < 1.29 is 0 Å². The lowest BCUT2D eigenvalue weighted by Crippen LogP contribution is -2.39. The van der Waals surface area contributed by atoms with Gasteiger partial charge < -0.3 is 10.6 Å². The SMILES string of the molecule is CN1C2CCC1CC(c1nc(-c3ccccc3N)cs1)C2. The minimum atomic E-state index is 0.641. The summed E-state index contributed by atoms with van der Waals surface area (Å²) in [6.45, 7) is 0. The van der Waals surface area contributed by atoms with Crippen molar-refractivity contribution in [3.05, 3.63) is 34.7 Å². The Balaban J connectivity index is 1.60. The number of nitrogen functional groups attached to an aromatic ring is 1. The number of nitrogens with two attached hydrogens (primary N) is 1. The Bertz CT molecular complexity index is 637. The highest BCUT2D eigenvalue weighted by atomic mass is 32.1. The summed E-state index contributed by atoms with van der Waals surface area (Å²) < 4.78 is 0. The number of para-hydroxylation sites is 1. The van der Waals surface area contributed by atoms with Gasteiger partial charge >= 0.3 is 0 Å². The first kappa shape index (κ1) is 13.3. The maximum atomic E-state index is 6.07. The van der Waals surface area contributed by atoms with E-state index in [1.54, 1.807) is 0 Å². The zero-order chi connectivity index (χ0) is 14.4. The van der Waals surface area contributed by atoms with Crippen molar-refractivity contribution in [3.63, 3.8) is 0 Å². The number of benzene rings is 1. The Kier molecular flexibility index (Phi) is 3.23. The minimum absolute atomic E-state index is 0.641. The Morgan fingerprint density at radius 3 is 2.62 bits per heavy atom. The molecule has 4 rings (SSSR count). The summed E-state index contributed by atoms with van der Waals surface area (Å²) in [4.78, 5) is 7.49. The first-order chi connectivity index (χ1) is 10.2. The van der Waals surface area contributed by atoms with Crippen LogP contribution in [0.4, 0.5) is 5.69 Å². The molecule has 2 saturated heterocycles. The Hall–Kier alpha value is -1.39. The standard InChI is InChI=1S/C17H21N3S/c1-20-12-6-7-13(20)9-11(8-12)17-19-16(10-21-17)14-4-2-3-5-15(14)18/h2-5,10-13H,6-9,18H2,1H3. The van der Waals surface area contributed by atoms with Crippen molar-refractivity contribution in [2.45, 2.75) is 43.7 Å². The Morgan fingerprint density at radius 1 is 1.19 bits per heavy atom. The minimum Gasteiger partial charge on any atom is -0.398 e. The summed E-state index contributed by atoms with van der Waals surface area (Å²) in [6.07, 6.45) is 5.26. The van der Waals surface area contributed by atoms with Gasteiger partial charge in [0.05, 0.1) is 10.7 Å². The van der Waals surface area contributed by atoms with Crippen molar-refractivity contribution in [1.82, 2.24) is 9.88 Å². The number of thiazole rings is 1. The van der Waals surface area contributed by atoms with E-state index in [2.05, 4.69) is 23.4 Å². The van der Waals surface area contributed by atoms with Gasteiger partial charge in [-0.1, -0.05) is 18.2 Å². The maximum Gasteiger partial charge on any atom is 0.0964 e. The topological polar surface area (TPSA) is 42.2 Å². The molecule has 2 aliphatic heterocycles. The van der Waals surface area contributed by atoms with E-state index in [0.717, 1.165) is 29.0 Å². The van der Waals surface area contributed by atoms with Gasteiger partial charge in [-0.05, 0) is 38.8 Å². The van der Waals surface area contributed by atoms with E-state index in [1.165, 1.54) is 30.7 Å². The molecule has 2 N–H and O–H groups in total. The lowest BCUT2D eigenvalue weighted by molar-refractivity contribution is 0.161. The molecular weight excluding hydrogens is 278 g/mol. The monoisotopic (exact) mass is 299 g/mol. The normalized spacial score (nSPS) is 28.9. The predicted molar refractivity (Wildman–Crippen MR) is 88.5 cm³/mol. The molecule has 2 unspecified atom stereocenters. The second kappa shape index (κ2) is 5.11. The molecule has 2 bridgehead atoms. The van der Waals surface area contributed by atoms with E-state index in [4.69, 9.17) is 10.7 Å². The van der Waals surface area contributed by atoms with Gasteiger partial charge in [0.25, 0.3) is 0 Å². The van der Waals surface area contributed by atoms with Crippen molar-refractivity contribution >= 4 is 17.0 Å². The average molecular weight is 299 g/mol. The van der Waals surface area contributed by atoms with Crippen LogP contribution in [0.3, 0.4) is 0 Å². The number of nitrogens with zero attached hydrogens (tertiary/aromatic N) is 2. The molecule has 2 aromatic rings. The van der Waals surface area contributed by atoms with Gasteiger partial charge in [-0.15, -0.1) is 11.3 Å². The molecule has 2 atom stereocenters. The molecule has 0 spiro atoms. The van der Waals surface area contributed by atoms with E-state index in [1.807, 2.05) is 29.5 Å². The van der Waals surface area contributed by atoms with Crippen LogP contribution in [0.2, 0.25) is 0 Å². The zero-order valence-electron chi connectivity index (χ0n) is 12.3. The quantitative estimate of drug-likeness (QED) is 0.859. The second-order valence-corrected chi connectivity index (χ2v) is 7.27. The fourth-order valence-electron chi connectivity index (χ4n) is 3.94. The van der Waals surface area contributed by atoms with Gasteiger partial charge in [-0.2, -0.15) is 0 Å². The molecular formula is C17H21N3S. The first-order valence-electron chi connectivity index (χ1n) is 7.74. The van der Waals surface area contributed by atoms with Crippen LogP contribution in [0.25, 0.3) is 11.3 Å². The molecule has 0 radical (unpaired) electrons. The van der Waals surface area contributed by atoms with Crippen LogP contribution in [-0.4, -0.2) is 29.0 Å². The smallest absolute Gasteiger partial charge is 0.0964 e. The number of rotatable bonds is 2. The summed E-state index contributed by atoms with van der Waals surface area (Å²) in [5, 5.41) is 3.47. The summed E-state index contributed by atoms with van der Waals surface area (Å²) >= 11 is 1.81. The van der Waals surface area contributed by atoms with Crippen molar-refractivity contribution in [2.75, 3.05) is 12.8 Å². The van der Waals surface area contributed by atoms with Crippen LogP contribution in [0.15, 0.2) is 29.6 Å². The molecule has 3 heterocycles. The molecule has 2 aliphatic rings. The fraction of sp³-hybridized carbons (Fsp3) is 0.471. The van der Waals surface area contributed by atoms with E-state index < -0.39 is 0 Å². The van der Waals surface area contributed by atoms with Crippen LogP contribution in [0, 0.1) is 0 Å². The highest BCUT2D eigenvalue weighted by molar-refractivity contribution is 7.10. The highest BCUT2D eigenvalue weighted by Crippen LogP contribution is 2.43. The molecule has 4 heteroatoms. The summed E-state index contributed by atoms with van der Waals surface area (Å²) in [5.41, 5.74) is 8.99. The molecule has 1 aromatic carbocycles. The van der Waals surface area contributed by atoms with Crippen molar-refractivity contribution in [1.29, 1.82) is 0 Å². The van der Waals surface area contributed by atoms with Gasteiger partial charge in [-0.25, -0.2) is 4.98 Å². The summed E-state index contributed by atoms with van der Waals surface area (Å²) in [5.74, 6) is 0.641. The average Bonchev–Trinajstić information content (AvgIpc) is 3.02. The van der Waals surface area contributed by atoms with Crippen molar-refractivity contribution in [2.24, 2.45) is 0 Å². The summed E-state index contributed by atoms with van der Waals surface area (Å²) in [6, 6.07) is 9.54. The molecule has 2 fully saturated rings. The fourth-order valence-corrected chi connectivity index (χ4v) is 4.89. The summed E-state index contributed by atoms with van der Waals surface area (Å²) in [7, 11) is 2.29. The van der Waals surface area contributed by atoms with Gasteiger partial charge in [0.1, 0.15) is 0 Å². The van der Waals surface area contributed by atoms with E-state index in [-0.39, 0.29) is 0 Å². The third-order valence-corrected chi connectivity index (χ3v) is 6.21. The van der Waals surface area contributed by atoms with Crippen molar-refractivity contribution in [3.8, 4) is 11.3 Å². The Labute approximate surface area is 129 Å². The number of fused-ring (bicyclic) bond motifs is 2. The van der Waals surface area contributed by atoms with Crippen LogP contribution < -0.4 is 5.73 Å². The number of anilines is 1. The largest absolute Gasteiger partial charge is 0.398 e. The molecule has 3 nitrogen and oxygen atoms in total. The first-order valence-corrected chi connectivity index (χ1v) is 8.62. The van der Waals surface area contributed by atoms with Crippen LogP contribution in [-0.2, 0) is 0 Å². The van der Waals surface area contributed by atoms with Gasteiger partial charge in [0.2, 0.25) is 0 Å². The lowest BCUT2D eigenvalue weighted by Gasteiger charge is -2.35. The van der Waals surface area contributed by atoms with Gasteiger partial charge in [0, 0.05) is 34.6 Å². The number of hydrogen-bond donors (Lipinski definition) is 1. The molecule has 0 saturated carbocycles. The maximum absolute atomic E-state index is 6.07. The van der Waals surface area contributed by atoms with Crippen LogP contribution in [0.1, 0.15) is 36.6 Å². The second-order valence-electron chi connectivity index (χ2n) is 6.38. The van der Waals surface area contributed by atoms with E-state index >= 15 is 0 Å². The lowest BCUT2D eigenvalue weighted by atomic mass is 9.91. The highest BCUT2D eigenvalue weighted by Gasteiger charge is 2.39. The third-order valence-electron chi connectivity index (χ3n) is 5.21. The molecule has 110 valence electrons. The molecule has 21 heavy (non-hydrogen) atoms. The van der Waals surface area contributed by atoms with E-state index in [0.29, 0.717) is 5.92 Å². The number of piperidine rings is 1. The van der Waals surface area contributed by atoms with Gasteiger partial charge in [-0.3, -0.25) is 0 Å². The third kappa shape index (κ3) is 2.27. The Morgan fingerprint density at radius 2 is 1.90 bits per heavy atom. The number of hydrogen-bond acceptors (Lipinski definition) is 4. The zero-order valence-corrected chi connectivity index (χ0v) is 13.1. The van der Waals surface area contributed by atoms with E-state index in [9.17, 15) is 0 Å². The predicted octanol–water partition coefficient (Wildman–Crippen LogP) is 3.73. The van der Waals surface area contributed by atoms with Gasteiger partial charge in [0.15, 0.2) is 0 Å². The molecule has 1 aromatic heterocycles. The number of aromatic nitrogens is 1.